The minimum atomic E-state index is 0.712. The van der Waals surface area contributed by atoms with Gasteiger partial charge >= 0.3 is 0 Å². The van der Waals surface area contributed by atoms with Gasteiger partial charge in [0, 0.05) is 18.5 Å². The molecule has 2 fully saturated rings. The Morgan fingerprint density at radius 2 is 2.08 bits per heavy atom. The average molecular weight is 239 g/mol. The van der Waals surface area contributed by atoms with Gasteiger partial charge in [-0.3, -0.25) is 0 Å². The molecule has 2 heterocycles. The third kappa shape index (κ3) is 1.26. The van der Waals surface area contributed by atoms with E-state index in [1.165, 1.54) is 25.9 Å². The van der Waals surface area contributed by atoms with Gasteiger partial charge in [0.1, 0.15) is 10.4 Å². The zero-order chi connectivity index (χ0) is 8.89. The molecule has 1 aliphatic carbocycles. The van der Waals surface area contributed by atoms with E-state index >= 15 is 0 Å². The lowest BCUT2D eigenvalue weighted by Gasteiger charge is -2.40. The first-order valence-corrected chi connectivity index (χ1v) is 5.44. The van der Waals surface area contributed by atoms with E-state index in [2.05, 4.69) is 31.9 Å². The van der Waals surface area contributed by atoms with Gasteiger partial charge in [-0.2, -0.15) is 0 Å². The minimum absolute atomic E-state index is 0.712. The Morgan fingerprint density at radius 1 is 1.31 bits per heavy atom. The molecule has 0 amide bonds. The number of hydrogen-bond donors (Lipinski definition) is 0. The van der Waals surface area contributed by atoms with E-state index in [0.717, 1.165) is 10.4 Å². The molecule has 3 rings (SSSR count). The van der Waals surface area contributed by atoms with Gasteiger partial charge in [0.15, 0.2) is 0 Å². The molecule has 2 nitrogen and oxygen atoms in total. The predicted octanol–water partition coefficient (Wildman–Crippen LogP) is 2.44. The Labute approximate surface area is 86.1 Å². The van der Waals surface area contributed by atoms with Gasteiger partial charge in [-0.15, -0.1) is 0 Å². The molecule has 1 spiro atoms. The molecule has 0 radical (unpaired) electrons. The first kappa shape index (κ1) is 7.80. The van der Waals surface area contributed by atoms with Crippen LogP contribution in [0.1, 0.15) is 12.8 Å². The SMILES string of the molecule is Brc1cccc(N2CC3(CC3)C2)n1. The fourth-order valence-corrected chi connectivity index (χ4v) is 2.33. The highest BCUT2D eigenvalue weighted by molar-refractivity contribution is 9.10. The molecule has 13 heavy (non-hydrogen) atoms. The highest BCUT2D eigenvalue weighted by Gasteiger charge is 2.52. The van der Waals surface area contributed by atoms with E-state index in [4.69, 9.17) is 0 Å². The second-order valence-electron chi connectivity index (χ2n) is 4.17. The monoisotopic (exact) mass is 238 g/mol. The Balaban J connectivity index is 1.78. The van der Waals surface area contributed by atoms with Gasteiger partial charge in [0.2, 0.25) is 0 Å². The van der Waals surface area contributed by atoms with Gasteiger partial charge in [0.25, 0.3) is 0 Å². The molecular formula is C10H11BrN2. The van der Waals surface area contributed by atoms with Gasteiger partial charge in [0.05, 0.1) is 0 Å². The summed E-state index contributed by atoms with van der Waals surface area (Å²) in [6.07, 6.45) is 2.86. The number of rotatable bonds is 1. The highest BCUT2D eigenvalue weighted by atomic mass is 79.9. The number of halogens is 1. The highest BCUT2D eigenvalue weighted by Crippen LogP contribution is 2.53. The van der Waals surface area contributed by atoms with Crippen molar-refractivity contribution in [2.24, 2.45) is 5.41 Å². The van der Waals surface area contributed by atoms with Gasteiger partial charge in [-0.25, -0.2) is 4.98 Å². The third-order valence-electron chi connectivity index (χ3n) is 3.03. The van der Waals surface area contributed by atoms with Crippen molar-refractivity contribution in [3.63, 3.8) is 0 Å². The van der Waals surface area contributed by atoms with Crippen LogP contribution in [-0.4, -0.2) is 18.1 Å². The summed E-state index contributed by atoms with van der Waals surface area (Å²) in [4.78, 5) is 6.79. The molecule has 0 N–H and O–H groups in total. The number of anilines is 1. The lowest BCUT2D eigenvalue weighted by Crippen LogP contribution is -2.48. The van der Waals surface area contributed by atoms with Crippen molar-refractivity contribution in [3.05, 3.63) is 22.8 Å². The van der Waals surface area contributed by atoms with Crippen LogP contribution in [0.5, 0.6) is 0 Å². The molecule has 1 saturated carbocycles. The van der Waals surface area contributed by atoms with Crippen LogP contribution in [0.3, 0.4) is 0 Å². The topological polar surface area (TPSA) is 16.1 Å². The van der Waals surface area contributed by atoms with Crippen LogP contribution >= 0.6 is 15.9 Å². The molecule has 0 atom stereocenters. The summed E-state index contributed by atoms with van der Waals surface area (Å²) in [6, 6.07) is 6.10. The summed E-state index contributed by atoms with van der Waals surface area (Å²) in [6.45, 7) is 2.44. The minimum Gasteiger partial charge on any atom is -0.355 e. The molecule has 0 bridgehead atoms. The van der Waals surface area contributed by atoms with E-state index in [0.29, 0.717) is 5.41 Å². The maximum absolute atomic E-state index is 4.43. The summed E-state index contributed by atoms with van der Waals surface area (Å²) in [5, 5.41) is 0. The van der Waals surface area contributed by atoms with Gasteiger partial charge in [-0.1, -0.05) is 6.07 Å². The summed E-state index contributed by atoms with van der Waals surface area (Å²) < 4.78 is 0.932. The molecule has 1 aromatic heterocycles. The van der Waals surface area contributed by atoms with Gasteiger partial charge in [-0.05, 0) is 40.9 Å². The van der Waals surface area contributed by atoms with Crippen LogP contribution in [0.4, 0.5) is 5.82 Å². The molecular weight excluding hydrogens is 228 g/mol. The Kier molecular flexibility index (Phi) is 1.48. The second kappa shape index (κ2) is 2.47. The van der Waals surface area contributed by atoms with E-state index in [1.807, 2.05) is 12.1 Å². The van der Waals surface area contributed by atoms with Crippen LogP contribution in [0.25, 0.3) is 0 Å². The van der Waals surface area contributed by atoms with Crippen molar-refractivity contribution in [1.29, 1.82) is 0 Å². The first-order valence-electron chi connectivity index (χ1n) is 4.65. The van der Waals surface area contributed by atoms with Crippen LogP contribution in [0, 0.1) is 5.41 Å². The van der Waals surface area contributed by atoms with E-state index in [9.17, 15) is 0 Å². The van der Waals surface area contributed by atoms with E-state index < -0.39 is 0 Å². The largest absolute Gasteiger partial charge is 0.355 e. The van der Waals surface area contributed by atoms with Crippen LogP contribution in [0.15, 0.2) is 22.8 Å². The molecule has 1 aliphatic heterocycles. The third-order valence-corrected chi connectivity index (χ3v) is 3.48. The van der Waals surface area contributed by atoms with Crippen molar-refractivity contribution in [2.75, 3.05) is 18.0 Å². The molecule has 68 valence electrons. The lowest BCUT2D eigenvalue weighted by atomic mass is 9.97. The van der Waals surface area contributed by atoms with Crippen molar-refractivity contribution < 1.29 is 0 Å². The van der Waals surface area contributed by atoms with Crippen LogP contribution in [0.2, 0.25) is 0 Å². The normalized spacial score (nSPS) is 23.0. The number of nitrogens with zero attached hydrogens (tertiary/aromatic N) is 2. The first-order chi connectivity index (χ1) is 6.27. The van der Waals surface area contributed by atoms with E-state index in [1.54, 1.807) is 0 Å². The molecule has 2 aliphatic rings. The standard InChI is InChI=1S/C10H11BrN2/c11-8-2-1-3-9(12-8)13-6-10(7-13)4-5-10/h1-3H,4-7H2. The van der Waals surface area contributed by atoms with Crippen molar-refractivity contribution in [1.82, 2.24) is 4.98 Å². The van der Waals surface area contributed by atoms with Crippen molar-refractivity contribution in [2.45, 2.75) is 12.8 Å². The number of aromatic nitrogens is 1. The smallest absolute Gasteiger partial charge is 0.129 e. The maximum atomic E-state index is 4.43. The van der Waals surface area contributed by atoms with Gasteiger partial charge < -0.3 is 4.90 Å². The zero-order valence-corrected chi connectivity index (χ0v) is 8.92. The number of hydrogen-bond acceptors (Lipinski definition) is 2. The van der Waals surface area contributed by atoms with Crippen LogP contribution in [-0.2, 0) is 0 Å². The zero-order valence-electron chi connectivity index (χ0n) is 7.33. The molecule has 1 saturated heterocycles. The molecule has 0 aromatic carbocycles. The molecule has 1 aromatic rings. The fourth-order valence-electron chi connectivity index (χ4n) is 1.99. The quantitative estimate of drug-likeness (QED) is 0.700. The Bertz CT molecular complexity index is 339. The fraction of sp³-hybridized carbons (Fsp3) is 0.500. The predicted molar refractivity (Wildman–Crippen MR) is 55.8 cm³/mol. The van der Waals surface area contributed by atoms with Crippen LogP contribution < -0.4 is 4.90 Å². The average Bonchev–Trinajstić information content (AvgIpc) is 2.80. The Hall–Kier alpha value is -0.570. The summed E-state index contributed by atoms with van der Waals surface area (Å²) in [7, 11) is 0. The Morgan fingerprint density at radius 3 is 2.69 bits per heavy atom. The summed E-state index contributed by atoms with van der Waals surface area (Å²) in [5.74, 6) is 1.12. The molecule has 3 heteroatoms. The summed E-state index contributed by atoms with van der Waals surface area (Å²) >= 11 is 3.39. The maximum Gasteiger partial charge on any atom is 0.129 e. The molecule has 0 unspecified atom stereocenters. The summed E-state index contributed by atoms with van der Waals surface area (Å²) in [5.41, 5.74) is 0.712. The van der Waals surface area contributed by atoms with Crippen molar-refractivity contribution in [3.8, 4) is 0 Å². The lowest BCUT2D eigenvalue weighted by molar-refractivity contribution is 0.384. The second-order valence-corrected chi connectivity index (χ2v) is 4.99. The van der Waals surface area contributed by atoms with E-state index in [-0.39, 0.29) is 0 Å². The van der Waals surface area contributed by atoms with Crippen molar-refractivity contribution >= 4 is 21.7 Å². The number of pyridine rings is 1.